The van der Waals surface area contributed by atoms with Gasteiger partial charge in [-0.1, -0.05) is 6.07 Å². The van der Waals surface area contributed by atoms with Crippen molar-refractivity contribution in [3.8, 4) is 5.75 Å². The summed E-state index contributed by atoms with van der Waals surface area (Å²) >= 11 is 0. The molecule has 1 heterocycles. The van der Waals surface area contributed by atoms with Gasteiger partial charge in [0.1, 0.15) is 18.2 Å². The van der Waals surface area contributed by atoms with Crippen LogP contribution in [0.15, 0.2) is 54.9 Å². The number of carbonyl (C=O) groups excluding carboxylic acids is 1. The number of benzene rings is 2. The quantitative estimate of drug-likeness (QED) is 0.532. The first-order valence-electron chi connectivity index (χ1n) is 8.19. The van der Waals surface area contributed by atoms with Crippen molar-refractivity contribution in [3.63, 3.8) is 0 Å². The number of amides is 1. The summed E-state index contributed by atoms with van der Waals surface area (Å²) in [6.45, 7) is 1.96. The molecule has 8 nitrogen and oxygen atoms in total. The van der Waals surface area contributed by atoms with E-state index in [-0.39, 0.29) is 11.3 Å². The molecular formula is C19H18N4O4. The van der Waals surface area contributed by atoms with Crippen LogP contribution in [0.1, 0.15) is 21.7 Å². The van der Waals surface area contributed by atoms with E-state index in [1.807, 2.05) is 17.8 Å². The van der Waals surface area contributed by atoms with Crippen molar-refractivity contribution < 1.29 is 14.5 Å². The van der Waals surface area contributed by atoms with Gasteiger partial charge in [0.15, 0.2) is 0 Å². The van der Waals surface area contributed by atoms with E-state index in [2.05, 4.69) is 10.3 Å². The maximum atomic E-state index is 12.3. The molecule has 138 valence electrons. The fourth-order valence-corrected chi connectivity index (χ4v) is 2.47. The van der Waals surface area contributed by atoms with Gasteiger partial charge in [0.05, 0.1) is 4.92 Å². The predicted octanol–water partition coefficient (Wildman–Crippen LogP) is 3.47. The molecular weight excluding hydrogens is 348 g/mol. The highest BCUT2D eigenvalue weighted by atomic mass is 16.6. The second kappa shape index (κ2) is 7.69. The Bertz CT molecular complexity index is 980. The zero-order chi connectivity index (χ0) is 19.4. The molecule has 1 aromatic heterocycles. The van der Waals surface area contributed by atoms with E-state index in [1.54, 1.807) is 49.5 Å². The lowest BCUT2D eigenvalue weighted by molar-refractivity contribution is -0.385. The number of hydrogen-bond donors (Lipinski definition) is 1. The average Bonchev–Trinajstić information content (AvgIpc) is 3.06. The number of ether oxygens (including phenoxy) is 1. The van der Waals surface area contributed by atoms with Crippen LogP contribution in [0.2, 0.25) is 0 Å². The van der Waals surface area contributed by atoms with Gasteiger partial charge in [0, 0.05) is 42.3 Å². The normalized spacial score (nSPS) is 10.4. The summed E-state index contributed by atoms with van der Waals surface area (Å²) < 4.78 is 7.53. The molecule has 2 aromatic carbocycles. The Labute approximate surface area is 155 Å². The number of hydrogen-bond acceptors (Lipinski definition) is 5. The highest BCUT2D eigenvalue weighted by Gasteiger charge is 2.15. The molecule has 27 heavy (non-hydrogen) atoms. The molecule has 0 aliphatic carbocycles. The van der Waals surface area contributed by atoms with Gasteiger partial charge >= 0.3 is 0 Å². The van der Waals surface area contributed by atoms with E-state index in [0.29, 0.717) is 23.6 Å². The van der Waals surface area contributed by atoms with Crippen LogP contribution in [0, 0.1) is 17.0 Å². The third-order valence-electron chi connectivity index (χ3n) is 4.07. The predicted molar refractivity (Wildman–Crippen MR) is 99.8 cm³/mol. The van der Waals surface area contributed by atoms with E-state index in [4.69, 9.17) is 4.74 Å². The summed E-state index contributed by atoms with van der Waals surface area (Å²) in [5, 5.41) is 13.7. The number of nitro groups is 1. The Morgan fingerprint density at radius 2 is 2.00 bits per heavy atom. The lowest BCUT2D eigenvalue weighted by Gasteiger charge is -2.09. The summed E-state index contributed by atoms with van der Waals surface area (Å²) in [5.74, 6) is 1.02. The number of carbonyl (C=O) groups is 1. The summed E-state index contributed by atoms with van der Waals surface area (Å²) in [7, 11) is 1.89. The van der Waals surface area contributed by atoms with Gasteiger partial charge in [-0.25, -0.2) is 4.98 Å². The van der Waals surface area contributed by atoms with Crippen molar-refractivity contribution in [1.29, 1.82) is 0 Å². The number of aryl methyl sites for hydroxylation is 2. The van der Waals surface area contributed by atoms with Crippen LogP contribution in [-0.4, -0.2) is 20.4 Å². The molecule has 0 atom stereocenters. The minimum atomic E-state index is -0.500. The van der Waals surface area contributed by atoms with Crippen LogP contribution in [0.3, 0.4) is 0 Å². The molecule has 3 rings (SSSR count). The first kappa shape index (κ1) is 18.1. The number of nitrogens with zero attached hydrogens (tertiary/aromatic N) is 3. The van der Waals surface area contributed by atoms with Gasteiger partial charge in [-0.05, 0) is 37.3 Å². The van der Waals surface area contributed by atoms with E-state index < -0.39 is 10.8 Å². The van der Waals surface area contributed by atoms with Crippen molar-refractivity contribution in [2.75, 3.05) is 5.32 Å². The Morgan fingerprint density at radius 1 is 1.26 bits per heavy atom. The zero-order valence-corrected chi connectivity index (χ0v) is 14.9. The maximum Gasteiger partial charge on any atom is 0.273 e. The molecule has 0 unspecified atom stereocenters. The van der Waals surface area contributed by atoms with Crippen molar-refractivity contribution in [2.45, 2.75) is 13.5 Å². The summed E-state index contributed by atoms with van der Waals surface area (Å²) in [5.41, 5.74) is 1.21. The Balaban J connectivity index is 1.64. The highest BCUT2D eigenvalue weighted by Crippen LogP contribution is 2.21. The van der Waals surface area contributed by atoms with Gasteiger partial charge < -0.3 is 14.6 Å². The third kappa shape index (κ3) is 4.30. The molecule has 0 spiro atoms. The maximum absolute atomic E-state index is 12.3. The first-order chi connectivity index (χ1) is 12.9. The molecule has 0 radical (unpaired) electrons. The van der Waals surface area contributed by atoms with Crippen LogP contribution in [0.5, 0.6) is 5.75 Å². The Kier molecular flexibility index (Phi) is 5.16. The largest absolute Gasteiger partial charge is 0.486 e. The van der Waals surface area contributed by atoms with Gasteiger partial charge in [-0.2, -0.15) is 0 Å². The highest BCUT2D eigenvalue weighted by molar-refractivity contribution is 6.04. The second-order valence-electron chi connectivity index (χ2n) is 5.98. The molecule has 0 saturated heterocycles. The molecule has 1 amide bonds. The minimum absolute atomic E-state index is 0.0827. The molecule has 0 fully saturated rings. The van der Waals surface area contributed by atoms with E-state index in [1.165, 1.54) is 6.07 Å². The summed E-state index contributed by atoms with van der Waals surface area (Å²) in [4.78, 5) is 27.0. The van der Waals surface area contributed by atoms with Gasteiger partial charge in [0.25, 0.3) is 11.6 Å². The Hall–Kier alpha value is -3.68. The van der Waals surface area contributed by atoms with Crippen molar-refractivity contribution in [3.05, 3.63) is 81.9 Å². The van der Waals surface area contributed by atoms with Crippen LogP contribution in [0.4, 0.5) is 11.4 Å². The Morgan fingerprint density at radius 3 is 2.63 bits per heavy atom. The molecule has 0 saturated carbocycles. The van der Waals surface area contributed by atoms with Crippen LogP contribution in [-0.2, 0) is 13.7 Å². The first-order valence-corrected chi connectivity index (χ1v) is 8.19. The van der Waals surface area contributed by atoms with Crippen LogP contribution in [0.25, 0.3) is 0 Å². The SMILES string of the molecule is Cc1ccc(C(=O)Nc2ccc(OCc3nccn3C)cc2)cc1[N+](=O)[O-]. The fourth-order valence-electron chi connectivity index (χ4n) is 2.47. The molecule has 0 aliphatic rings. The van der Waals surface area contributed by atoms with Crippen LogP contribution < -0.4 is 10.1 Å². The number of imidazole rings is 1. The standard InChI is InChI=1S/C19H18N4O4/c1-13-3-4-14(11-17(13)23(25)26)19(24)21-15-5-7-16(8-6-15)27-12-18-20-9-10-22(18)2/h3-11H,12H2,1-2H3,(H,21,24). The second-order valence-corrected chi connectivity index (χ2v) is 5.98. The molecule has 0 aliphatic heterocycles. The molecule has 8 heteroatoms. The topological polar surface area (TPSA) is 99.3 Å². The lowest BCUT2D eigenvalue weighted by Crippen LogP contribution is -2.12. The zero-order valence-electron chi connectivity index (χ0n) is 14.9. The average molecular weight is 366 g/mol. The number of nitro benzene ring substituents is 1. The number of anilines is 1. The van der Waals surface area contributed by atoms with E-state index in [9.17, 15) is 14.9 Å². The monoisotopic (exact) mass is 366 g/mol. The minimum Gasteiger partial charge on any atom is -0.486 e. The van der Waals surface area contributed by atoms with Gasteiger partial charge in [-0.15, -0.1) is 0 Å². The van der Waals surface area contributed by atoms with Crippen molar-refractivity contribution >= 4 is 17.3 Å². The van der Waals surface area contributed by atoms with E-state index >= 15 is 0 Å². The van der Waals surface area contributed by atoms with Gasteiger partial charge in [-0.3, -0.25) is 14.9 Å². The lowest BCUT2D eigenvalue weighted by atomic mass is 10.1. The third-order valence-corrected chi connectivity index (χ3v) is 4.07. The number of nitrogens with one attached hydrogen (secondary N) is 1. The van der Waals surface area contributed by atoms with Crippen molar-refractivity contribution in [2.24, 2.45) is 7.05 Å². The smallest absolute Gasteiger partial charge is 0.273 e. The molecule has 0 bridgehead atoms. The molecule has 1 N–H and O–H groups in total. The van der Waals surface area contributed by atoms with Crippen molar-refractivity contribution in [1.82, 2.24) is 9.55 Å². The van der Waals surface area contributed by atoms with Crippen LogP contribution >= 0.6 is 0 Å². The number of rotatable bonds is 6. The number of aromatic nitrogens is 2. The summed E-state index contributed by atoms with van der Waals surface area (Å²) in [6.07, 6.45) is 3.54. The van der Waals surface area contributed by atoms with E-state index in [0.717, 1.165) is 5.82 Å². The summed E-state index contributed by atoms with van der Waals surface area (Å²) in [6, 6.07) is 11.3. The van der Waals surface area contributed by atoms with Gasteiger partial charge in [0.2, 0.25) is 0 Å². The fraction of sp³-hybridized carbons (Fsp3) is 0.158. The molecule has 3 aromatic rings.